The van der Waals surface area contributed by atoms with Crippen LogP contribution >= 0.6 is 11.6 Å². The molecule has 0 spiro atoms. The molecular weight excluding hydrogens is 530 g/mol. The van der Waals surface area contributed by atoms with Gasteiger partial charge in [0.25, 0.3) is 5.91 Å². The van der Waals surface area contributed by atoms with Gasteiger partial charge in [0.1, 0.15) is 28.7 Å². The number of ether oxygens (including phenoxy) is 2. The average Bonchev–Trinajstić information content (AvgIpc) is 3.31. The normalized spacial score (nSPS) is 19.5. The molecule has 1 aliphatic heterocycles. The first-order valence-corrected chi connectivity index (χ1v) is 12.8. The number of aromatic nitrogens is 2. The average molecular weight is 556 g/mol. The number of hydrogen-bond donors (Lipinski definition) is 2. The van der Waals surface area contributed by atoms with Gasteiger partial charge < -0.3 is 29.4 Å². The zero-order valence-corrected chi connectivity index (χ0v) is 21.8. The predicted molar refractivity (Wildman–Crippen MR) is 139 cm³/mol. The third-order valence-electron chi connectivity index (χ3n) is 6.90. The van der Waals surface area contributed by atoms with Gasteiger partial charge in [-0.25, -0.2) is 14.8 Å². The van der Waals surface area contributed by atoms with Crippen molar-refractivity contribution in [3.05, 3.63) is 47.1 Å². The highest BCUT2D eigenvalue weighted by atomic mass is 35.5. The van der Waals surface area contributed by atoms with Gasteiger partial charge in [-0.15, -0.1) is 0 Å². The third-order valence-corrected chi connectivity index (χ3v) is 7.12. The zero-order chi connectivity index (χ0) is 27.5. The van der Waals surface area contributed by atoms with E-state index >= 15 is 0 Å². The number of esters is 1. The maximum Gasteiger partial charge on any atom is 0.356 e. The Balaban J connectivity index is 1.38. The van der Waals surface area contributed by atoms with Crippen molar-refractivity contribution in [2.75, 3.05) is 37.5 Å². The summed E-state index contributed by atoms with van der Waals surface area (Å²) in [6.07, 6.45) is 3.87. The van der Waals surface area contributed by atoms with Gasteiger partial charge in [-0.3, -0.25) is 14.4 Å². The molecule has 3 aromatic heterocycles. The van der Waals surface area contributed by atoms with E-state index in [2.05, 4.69) is 20.6 Å². The highest BCUT2D eigenvalue weighted by molar-refractivity contribution is 6.29. The summed E-state index contributed by atoms with van der Waals surface area (Å²) in [5, 5.41) is 5.74. The molecule has 2 aliphatic rings. The Bertz CT molecular complexity index is 1420. The minimum atomic E-state index is -0.676. The topological polar surface area (TPSA) is 153 Å². The molecule has 204 valence electrons. The van der Waals surface area contributed by atoms with Crippen molar-refractivity contribution in [3.63, 3.8) is 0 Å². The number of methoxy groups -OCH3 is 1. The van der Waals surface area contributed by atoms with Gasteiger partial charge in [-0.05, 0) is 49.9 Å². The lowest BCUT2D eigenvalue weighted by Gasteiger charge is -2.38. The van der Waals surface area contributed by atoms with Gasteiger partial charge in [-0.1, -0.05) is 11.6 Å². The van der Waals surface area contributed by atoms with E-state index in [4.69, 9.17) is 25.5 Å². The van der Waals surface area contributed by atoms with Crippen LogP contribution in [0.25, 0.3) is 11.1 Å². The van der Waals surface area contributed by atoms with Crippen molar-refractivity contribution in [2.45, 2.75) is 31.7 Å². The van der Waals surface area contributed by atoms with Crippen LogP contribution in [0.5, 0.6) is 0 Å². The molecule has 4 heterocycles. The molecule has 3 amide bonds. The van der Waals surface area contributed by atoms with Crippen molar-refractivity contribution >= 4 is 57.8 Å². The monoisotopic (exact) mass is 555 g/mol. The standard InChI is InChI=1S/C26H26ClN5O7/c1-37-26(36)17-7-8-18-21(30-17)22(23(39-18)25(35)29-15-4-9-19(27)28-12-15)31-24(34)14-2-5-16(6-3-14)32-10-11-38-13-20(32)33/h4,7-9,12,14,16H,2-3,5-6,10-11,13H2,1H3,(H,29,35)(H,31,34). The quantitative estimate of drug-likeness (QED) is 0.344. The molecule has 0 unspecified atom stereocenters. The summed E-state index contributed by atoms with van der Waals surface area (Å²) in [5.74, 6) is -2.20. The van der Waals surface area contributed by atoms with Crippen LogP contribution < -0.4 is 10.6 Å². The van der Waals surface area contributed by atoms with Crippen LogP contribution in [0.1, 0.15) is 46.7 Å². The summed E-state index contributed by atoms with van der Waals surface area (Å²) in [6, 6.07) is 6.04. The lowest BCUT2D eigenvalue weighted by Crippen LogP contribution is -2.49. The predicted octanol–water partition coefficient (Wildman–Crippen LogP) is 3.27. The molecular formula is C26H26ClN5O7. The van der Waals surface area contributed by atoms with Crippen LogP contribution in [0, 0.1) is 5.92 Å². The van der Waals surface area contributed by atoms with Crippen LogP contribution in [0.15, 0.2) is 34.9 Å². The Morgan fingerprint density at radius 2 is 1.90 bits per heavy atom. The number of nitrogens with one attached hydrogen (secondary N) is 2. The molecule has 2 fully saturated rings. The number of hydrogen-bond acceptors (Lipinski definition) is 9. The Kier molecular flexibility index (Phi) is 7.75. The van der Waals surface area contributed by atoms with Crippen molar-refractivity contribution < 1.29 is 33.1 Å². The molecule has 0 aromatic carbocycles. The SMILES string of the molecule is COC(=O)c1ccc2oc(C(=O)Nc3ccc(Cl)nc3)c(NC(=O)C3CCC(N4CCOCC4=O)CC3)c2n1. The Hall–Kier alpha value is -4.03. The number of nitrogens with zero attached hydrogens (tertiary/aromatic N) is 3. The number of anilines is 2. The van der Waals surface area contributed by atoms with E-state index in [-0.39, 0.29) is 63.8 Å². The molecule has 12 nitrogen and oxygen atoms in total. The fourth-order valence-electron chi connectivity index (χ4n) is 4.90. The second kappa shape index (κ2) is 11.4. The van der Waals surface area contributed by atoms with E-state index < -0.39 is 11.9 Å². The first-order valence-electron chi connectivity index (χ1n) is 12.5. The molecule has 0 bridgehead atoms. The van der Waals surface area contributed by atoms with E-state index in [1.165, 1.54) is 31.5 Å². The molecule has 1 aliphatic carbocycles. The van der Waals surface area contributed by atoms with Gasteiger partial charge in [-0.2, -0.15) is 0 Å². The lowest BCUT2D eigenvalue weighted by atomic mass is 9.84. The van der Waals surface area contributed by atoms with Gasteiger partial charge in [0.2, 0.25) is 17.6 Å². The summed E-state index contributed by atoms with van der Waals surface area (Å²) in [6.45, 7) is 1.15. The lowest BCUT2D eigenvalue weighted by molar-refractivity contribution is -0.146. The van der Waals surface area contributed by atoms with E-state index in [0.29, 0.717) is 44.5 Å². The smallest absolute Gasteiger partial charge is 0.356 e. The first kappa shape index (κ1) is 26.6. The Labute approximate surface area is 228 Å². The van der Waals surface area contributed by atoms with Crippen LogP contribution in [0.3, 0.4) is 0 Å². The maximum atomic E-state index is 13.4. The highest BCUT2D eigenvalue weighted by Gasteiger charge is 2.34. The van der Waals surface area contributed by atoms with Crippen LogP contribution in [-0.4, -0.2) is 71.5 Å². The minimum Gasteiger partial charge on any atom is -0.464 e. The second-order valence-electron chi connectivity index (χ2n) is 9.30. The molecule has 0 radical (unpaired) electrons. The van der Waals surface area contributed by atoms with Crippen molar-refractivity contribution in [2.24, 2.45) is 5.92 Å². The molecule has 0 atom stereocenters. The van der Waals surface area contributed by atoms with Crippen LogP contribution in [0.4, 0.5) is 11.4 Å². The molecule has 3 aromatic rings. The number of carbonyl (C=O) groups is 4. The largest absolute Gasteiger partial charge is 0.464 e. The number of halogens is 1. The molecule has 39 heavy (non-hydrogen) atoms. The van der Waals surface area contributed by atoms with Gasteiger partial charge in [0.15, 0.2) is 5.58 Å². The van der Waals surface area contributed by atoms with Gasteiger partial charge in [0.05, 0.1) is 25.6 Å². The van der Waals surface area contributed by atoms with E-state index in [1.807, 2.05) is 4.90 Å². The number of amides is 3. The molecule has 1 saturated carbocycles. The molecule has 1 saturated heterocycles. The summed E-state index contributed by atoms with van der Waals surface area (Å²) in [7, 11) is 1.23. The van der Waals surface area contributed by atoms with Gasteiger partial charge >= 0.3 is 5.97 Å². The number of rotatable bonds is 6. The number of fused-ring (bicyclic) bond motifs is 1. The zero-order valence-electron chi connectivity index (χ0n) is 21.1. The highest BCUT2D eigenvalue weighted by Crippen LogP contribution is 2.34. The summed E-state index contributed by atoms with van der Waals surface area (Å²) in [4.78, 5) is 61.0. The fraction of sp³-hybridized carbons (Fsp3) is 0.385. The number of morpholine rings is 1. The second-order valence-corrected chi connectivity index (χ2v) is 9.69. The van der Waals surface area contributed by atoms with Gasteiger partial charge in [0, 0.05) is 18.5 Å². The number of furan rings is 1. The molecule has 13 heteroatoms. The van der Waals surface area contributed by atoms with Crippen LogP contribution in [-0.2, 0) is 19.1 Å². The molecule has 2 N–H and O–H groups in total. The molecule has 5 rings (SSSR count). The summed E-state index contributed by atoms with van der Waals surface area (Å²) >= 11 is 5.83. The van der Waals surface area contributed by atoms with Crippen molar-refractivity contribution in [3.8, 4) is 0 Å². The van der Waals surface area contributed by atoms with E-state index in [0.717, 1.165) is 0 Å². The third kappa shape index (κ3) is 5.71. The Morgan fingerprint density at radius 3 is 2.59 bits per heavy atom. The summed E-state index contributed by atoms with van der Waals surface area (Å²) in [5.41, 5.74) is 0.739. The number of pyridine rings is 2. The maximum absolute atomic E-state index is 13.4. The van der Waals surface area contributed by atoms with Crippen molar-refractivity contribution in [1.82, 2.24) is 14.9 Å². The number of carbonyl (C=O) groups excluding carboxylic acids is 4. The van der Waals surface area contributed by atoms with E-state index in [1.54, 1.807) is 6.07 Å². The minimum absolute atomic E-state index is 0.00848. The first-order chi connectivity index (χ1) is 18.8. The summed E-state index contributed by atoms with van der Waals surface area (Å²) < 4.78 is 15.8. The van der Waals surface area contributed by atoms with E-state index in [9.17, 15) is 19.2 Å². The fourth-order valence-corrected chi connectivity index (χ4v) is 5.01. The van der Waals surface area contributed by atoms with Crippen molar-refractivity contribution in [1.29, 1.82) is 0 Å². The van der Waals surface area contributed by atoms with Crippen LogP contribution in [0.2, 0.25) is 5.15 Å². The Morgan fingerprint density at radius 1 is 1.10 bits per heavy atom.